The molecule has 1 N–H and O–H groups in total. The first kappa shape index (κ1) is 15.5. The molecule has 102 valence electrons. The molecule has 0 aliphatic carbocycles. The average Bonchev–Trinajstić information content (AvgIpc) is 2.37. The topological polar surface area (TPSA) is 12.0 Å². The lowest BCUT2D eigenvalue weighted by atomic mass is 9.96. The van der Waals surface area contributed by atoms with E-state index >= 15 is 0 Å². The maximum absolute atomic E-state index is 13.3. The number of hydrogen-bond donors (Lipinski definition) is 1. The fourth-order valence-corrected chi connectivity index (χ4v) is 2.71. The Kier molecular flexibility index (Phi) is 8.10. The van der Waals surface area contributed by atoms with E-state index in [-0.39, 0.29) is 5.82 Å². The summed E-state index contributed by atoms with van der Waals surface area (Å²) in [4.78, 5) is 0. The van der Waals surface area contributed by atoms with Gasteiger partial charge in [0.25, 0.3) is 0 Å². The van der Waals surface area contributed by atoms with Gasteiger partial charge in [-0.05, 0) is 54.5 Å². The first-order valence-corrected chi connectivity index (χ1v) is 7.97. The van der Waals surface area contributed by atoms with E-state index in [1.54, 1.807) is 6.07 Å². The molecule has 1 aromatic carbocycles. The van der Waals surface area contributed by atoms with E-state index in [1.807, 2.05) is 23.9 Å². The summed E-state index contributed by atoms with van der Waals surface area (Å²) in [5, 5.41) is 3.45. The van der Waals surface area contributed by atoms with E-state index in [4.69, 9.17) is 0 Å². The van der Waals surface area contributed by atoms with Crippen LogP contribution in [0.5, 0.6) is 0 Å². The predicted octanol–water partition coefficient (Wildman–Crippen LogP) is 4.05. The molecule has 1 atom stereocenters. The molecule has 1 unspecified atom stereocenters. The fraction of sp³-hybridized carbons (Fsp3) is 0.600. The molecule has 0 fully saturated rings. The summed E-state index contributed by atoms with van der Waals surface area (Å²) in [6, 6.07) is 7.04. The van der Waals surface area contributed by atoms with Crippen LogP contribution in [0, 0.1) is 5.82 Å². The number of nitrogens with one attached hydrogen (secondary N) is 1. The van der Waals surface area contributed by atoms with Gasteiger partial charge in [-0.25, -0.2) is 4.39 Å². The van der Waals surface area contributed by atoms with Gasteiger partial charge >= 0.3 is 0 Å². The second-order valence-corrected chi connectivity index (χ2v) is 5.84. The normalized spacial score (nSPS) is 12.6. The molecule has 0 radical (unpaired) electrons. The van der Waals surface area contributed by atoms with Crippen molar-refractivity contribution >= 4 is 11.8 Å². The van der Waals surface area contributed by atoms with E-state index in [1.165, 1.54) is 6.07 Å². The zero-order valence-electron chi connectivity index (χ0n) is 11.4. The van der Waals surface area contributed by atoms with Crippen LogP contribution in [-0.2, 0) is 0 Å². The summed E-state index contributed by atoms with van der Waals surface area (Å²) in [5.74, 6) is 2.59. The number of thioether (sulfide) groups is 1. The lowest BCUT2D eigenvalue weighted by Gasteiger charge is -2.18. The highest BCUT2D eigenvalue weighted by atomic mass is 32.2. The lowest BCUT2D eigenvalue weighted by molar-refractivity contribution is 0.563. The SMILES string of the molecule is CCCNCC(CCSCC)c1cccc(F)c1. The molecule has 1 rings (SSSR count). The van der Waals surface area contributed by atoms with E-state index in [0.717, 1.165) is 43.0 Å². The Morgan fingerprint density at radius 1 is 1.33 bits per heavy atom. The minimum absolute atomic E-state index is 0.129. The fourth-order valence-electron chi connectivity index (χ4n) is 1.97. The summed E-state index contributed by atoms with van der Waals surface area (Å²) in [5.41, 5.74) is 1.12. The van der Waals surface area contributed by atoms with Crippen molar-refractivity contribution < 1.29 is 4.39 Å². The van der Waals surface area contributed by atoms with Crippen molar-refractivity contribution in [3.8, 4) is 0 Å². The smallest absolute Gasteiger partial charge is 0.123 e. The summed E-state index contributed by atoms with van der Waals surface area (Å²) in [6.45, 7) is 6.32. The predicted molar refractivity (Wildman–Crippen MR) is 79.9 cm³/mol. The highest BCUT2D eigenvalue weighted by molar-refractivity contribution is 7.99. The zero-order valence-corrected chi connectivity index (χ0v) is 12.2. The van der Waals surface area contributed by atoms with Crippen LogP contribution in [0.4, 0.5) is 4.39 Å². The average molecular weight is 269 g/mol. The molecule has 0 aliphatic heterocycles. The number of rotatable bonds is 9. The van der Waals surface area contributed by atoms with E-state index < -0.39 is 0 Å². The Labute approximate surface area is 115 Å². The van der Waals surface area contributed by atoms with Gasteiger partial charge in [0.05, 0.1) is 0 Å². The van der Waals surface area contributed by atoms with Crippen LogP contribution in [-0.4, -0.2) is 24.6 Å². The first-order chi connectivity index (χ1) is 8.77. The van der Waals surface area contributed by atoms with Gasteiger partial charge in [0.1, 0.15) is 5.82 Å². The zero-order chi connectivity index (χ0) is 13.2. The number of halogens is 1. The van der Waals surface area contributed by atoms with E-state index in [2.05, 4.69) is 19.2 Å². The van der Waals surface area contributed by atoms with Crippen LogP contribution < -0.4 is 5.32 Å². The molecular formula is C15H24FNS. The second kappa shape index (κ2) is 9.40. The van der Waals surface area contributed by atoms with E-state index in [9.17, 15) is 4.39 Å². The Morgan fingerprint density at radius 2 is 2.17 bits per heavy atom. The minimum Gasteiger partial charge on any atom is -0.316 e. The van der Waals surface area contributed by atoms with Crippen molar-refractivity contribution in [2.45, 2.75) is 32.6 Å². The molecule has 1 nitrogen and oxygen atoms in total. The maximum atomic E-state index is 13.3. The molecule has 0 saturated heterocycles. The van der Waals surface area contributed by atoms with Crippen LogP contribution in [0.2, 0.25) is 0 Å². The minimum atomic E-state index is -0.129. The molecule has 0 amide bonds. The third kappa shape index (κ3) is 5.87. The molecule has 0 saturated carbocycles. The lowest BCUT2D eigenvalue weighted by Crippen LogP contribution is -2.23. The molecule has 1 aromatic rings. The van der Waals surface area contributed by atoms with Gasteiger partial charge in [-0.1, -0.05) is 26.0 Å². The highest BCUT2D eigenvalue weighted by Crippen LogP contribution is 2.22. The quantitative estimate of drug-likeness (QED) is 0.679. The second-order valence-electron chi connectivity index (χ2n) is 4.44. The van der Waals surface area contributed by atoms with E-state index in [0.29, 0.717) is 5.92 Å². The van der Waals surface area contributed by atoms with Crippen molar-refractivity contribution in [1.82, 2.24) is 5.32 Å². The third-order valence-electron chi connectivity index (χ3n) is 2.95. The molecule has 0 heterocycles. The number of hydrogen-bond acceptors (Lipinski definition) is 2. The first-order valence-electron chi connectivity index (χ1n) is 6.81. The van der Waals surface area contributed by atoms with Crippen molar-refractivity contribution in [2.75, 3.05) is 24.6 Å². The van der Waals surface area contributed by atoms with Crippen LogP contribution in [0.1, 0.15) is 38.2 Å². The van der Waals surface area contributed by atoms with Gasteiger partial charge in [-0.3, -0.25) is 0 Å². The van der Waals surface area contributed by atoms with Gasteiger partial charge in [0.2, 0.25) is 0 Å². The van der Waals surface area contributed by atoms with Gasteiger partial charge in [-0.2, -0.15) is 11.8 Å². The number of benzene rings is 1. The van der Waals surface area contributed by atoms with Gasteiger partial charge < -0.3 is 5.32 Å². The Bertz CT molecular complexity index is 320. The molecule has 0 bridgehead atoms. The van der Waals surface area contributed by atoms with Crippen molar-refractivity contribution in [3.05, 3.63) is 35.6 Å². The molecule has 0 aliphatic rings. The molecule has 3 heteroatoms. The van der Waals surface area contributed by atoms with Crippen LogP contribution in [0.25, 0.3) is 0 Å². The van der Waals surface area contributed by atoms with Gasteiger partial charge in [0, 0.05) is 6.54 Å². The monoisotopic (exact) mass is 269 g/mol. The standard InChI is InChI=1S/C15H24FNS/c1-3-9-17-12-14(8-10-18-4-2)13-6-5-7-15(16)11-13/h5-7,11,14,17H,3-4,8-10,12H2,1-2H3. The van der Waals surface area contributed by atoms with Crippen LogP contribution in [0.3, 0.4) is 0 Å². The van der Waals surface area contributed by atoms with Crippen molar-refractivity contribution in [2.24, 2.45) is 0 Å². The Hall–Kier alpha value is -0.540. The van der Waals surface area contributed by atoms with Crippen LogP contribution in [0.15, 0.2) is 24.3 Å². The van der Waals surface area contributed by atoms with Gasteiger partial charge in [0.15, 0.2) is 0 Å². The molecular weight excluding hydrogens is 245 g/mol. The maximum Gasteiger partial charge on any atom is 0.123 e. The molecule has 0 aromatic heterocycles. The van der Waals surface area contributed by atoms with Gasteiger partial charge in [-0.15, -0.1) is 0 Å². The Morgan fingerprint density at radius 3 is 2.83 bits per heavy atom. The van der Waals surface area contributed by atoms with Crippen LogP contribution >= 0.6 is 11.8 Å². The highest BCUT2D eigenvalue weighted by Gasteiger charge is 2.11. The largest absolute Gasteiger partial charge is 0.316 e. The molecule has 0 spiro atoms. The van der Waals surface area contributed by atoms with Crippen molar-refractivity contribution in [1.29, 1.82) is 0 Å². The summed E-state index contributed by atoms with van der Waals surface area (Å²) in [6.07, 6.45) is 2.25. The summed E-state index contributed by atoms with van der Waals surface area (Å²) in [7, 11) is 0. The third-order valence-corrected chi connectivity index (χ3v) is 3.88. The summed E-state index contributed by atoms with van der Waals surface area (Å²) >= 11 is 1.95. The van der Waals surface area contributed by atoms with Crippen molar-refractivity contribution in [3.63, 3.8) is 0 Å². The molecule has 18 heavy (non-hydrogen) atoms. The Balaban J connectivity index is 2.57. The summed E-state index contributed by atoms with van der Waals surface area (Å²) < 4.78 is 13.3.